The number of carbonyl (C=O) groups is 1. The van der Waals surface area contributed by atoms with Gasteiger partial charge < -0.3 is 5.32 Å². The van der Waals surface area contributed by atoms with Gasteiger partial charge >= 0.3 is 0 Å². The Bertz CT molecular complexity index is 1180. The number of anilines is 1. The van der Waals surface area contributed by atoms with E-state index in [0.29, 0.717) is 38.8 Å². The van der Waals surface area contributed by atoms with Crippen LogP contribution >= 0.6 is 35.0 Å². The molecule has 0 fully saturated rings. The molecule has 0 amide bonds. The number of ketones is 1. The van der Waals surface area contributed by atoms with Crippen molar-refractivity contribution in [2.75, 3.05) is 11.1 Å². The second-order valence-corrected chi connectivity index (χ2v) is 8.41. The molecule has 0 saturated heterocycles. The number of nitrogens with zero attached hydrogens (tertiary/aromatic N) is 3. The first-order chi connectivity index (χ1) is 15.1. The standard InChI is InChI=1S/C23H18Cl2N4OS/c24-17-11-12-19(25)20(13-17)26-14-22-27-28-23(29(22)18-9-5-2-6-10-18)31-15-21(30)16-7-3-1-4-8-16/h1-13,26H,14-15H2. The molecule has 1 heterocycles. The zero-order valence-corrected chi connectivity index (χ0v) is 18.7. The highest BCUT2D eigenvalue weighted by Crippen LogP contribution is 2.27. The number of hydrogen-bond acceptors (Lipinski definition) is 5. The Morgan fingerprint density at radius 2 is 1.65 bits per heavy atom. The maximum absolute atomic E-state index is 12.5. The van der Waals surface area contributed by atoms with Crippen LogP contribution in [-0.4, -0.2) is 26.3 Å². The lowest BCUT2D eigenvalue weighted by molar-refractivity contribution is 0.102. The third-order valence-corrected chi connectivity index (χ3v) is 6.00. The van der Waals surface area contributed by atoms with Gasteiger partial charge in [0.2, 0.25) is 0 Å². The fourth-order valence-corrected chi connectivity index (χ4v) is 4.21. The predicted octanol–water partition coefficient (Wildman–Crippen LogP) is 6.16. The van der Waals surface area contributed by atoms with Crippen LogP contribution in [0.5, 0.6) is 0 Å². The molecule has 5 nitrogen and oxygen atoms in total. The number of carbonyl (C=O) groups excluding carboxylic acids is 1. The molecule has 0 saturated carbocycles. The van der Waals surface area contributed by atoms with Crippen LogP contribution in [-0.2, 0) is 6.54 Å². The van der Waals surface area contributed by atoms with E-state index in [4.69, 9.17) is 23.2 Å². The van der Waals surface area contributed by atoms with Crippen molar-refractivity contribution in [1.82, 2.24) is 14.8 Å². The van der Waals surface area contributed by atoms with E-state index >= 15 is 0 Å². The molecule has 3 aromatic carbocycles. The Balaban J connectivity index is 1.57. The Labute approximate surface area is 194 Å². The summed E-state index contributed by atoms with van der Waals surface area (Å²) in [6.45, 7) is 0.384. The first-order valence-corrected chi connectivity index (χ1v) is 11.3. The molecular formula is C23H18Cl2N4OS. The van der Waals surface area contributed by atoms with Gasteiger partial charge in [-0.25, -0.2) is 0 Å². The van der Waals surface area contributed by atoms with Crippen LogP contribution in [0.3, 0.4) is 0 Å². The van der Waals surface area contributed by atoms with Gasteiger partial charge in [0.25, 0.3) is 0 Å². The molecule has 0 radical (unpaired) electrons. The van der Waals surface area contributed by atoms with E-state index in [1.165, 1.54) is 11.8 Å². The lowest BCUT2D eigenvalue weighted by atomic mass is 10.2. The second-order valence-electron chi connectivity index (χ2n) is 6.63. The van der Waals surface area contributed by atoms with Crippen LogP contribution in [0.2, 0.25) is 10.0 Å². The number of hydrogen-bond donors (Lipinski definition) is 1. The van der Waals surface area contributed by atoms with Crippen LogP contribution in [0, 0.1) is 0 Å². The molecule has 0 bridgehead atoms. The number of halogens is 2. The van der Waals surface area contributed by atoms with Crippen LogP contribution in [0.4, 0.5) is 5.69 Å². The molecule has 0 aliphatic heterocycles. The number of rotatable bonds is 8. The molecule has 156 valence electrons. The maximum atomic E-state index is 12.5. The Kier molecular flexibility index (Phi) is 6.92. The SMILES string of the molecule is O=C(CSc1nnc(CNc2cc(Cl)ccc2Cl)n1-c1ccccc1)c1ccccc1. The number of nitrogens with one attached hydrogen (secondary N) is 1. The zero-order valence-electron chi connectivity index (χ0n) is 16.3. The van der Waals surface area contributed by atoms with Crippen molar-refractivity contribution in [3.63, 3.8) is 0 Å². The minimum Gasteiger partial charge on any atom is -0.376 e. The monoisotopic (exact) mass is 468 g/mol. The van der Waals surface area contributed by atoms with Crippen molar-refractivity contribution in [3.05, 3.63) is 100 Å². The van der Waals surface area contributed by atoms with Crippen LogP contribution in [0.1, 0.15) is 16.2 Å². The summed E-state index contributed by atoms with van der Waals surface area (Å²) in [5.41, 5.74) is 2.31. The number of benzene rings is 3. The van der Waals surface area contributed by atoms with E-state index in [2.05, 4.69) is 15.5 Å². The fourth-order valence-electron chi connectivity index (χ4n) is 2.99. The number of para-hydroxylation sites is 1. The summed E-state index contributed by atoms with van der Waals surface area (Å²) in [6.07, 6.45) is 0. The van der Waals surface area contributed by atoms with Gasteiger partial charge in [-0.15, -0.1) is 10.2 Å². The lowest BCUT2D eigenvalue weighted by Gasteiger charge is -2.12. The molecule has 0 unspecified atom stereocenters. The normalized spacial score (nSPS) is 10.8. The fraction of sp³-hybridized carbons (Fsp3) is 0.0870. The Hall–Kier alpha value is -2.80. The molecule has 1 aromatic heterocycles. The van der Waals surface area contributed by atoms with Crippen molar-refractivity contribution in [1.29, 1.82) is 0 Å². The summed E-state index contributed by atoms with van der Waals surface area (Å²) in [5.74, 6) is 0.998. The van der Waals surface area contributed by atoms with Crippen molar-refractivity contribution in [2.45, 2.75) is 11.7 Å². The highest BCUT2D eigenvalue weighted by atomic mass is 35.5. The van der Waals surface area contributed by atoms with E-state index in [9.17, 15) is 4.79 Å². The summed E-state index contributed by atoms with van der Waals surface area (Å²) < 4.78 is 1.94. The largest absolute Gasteiger partial charge is 0.376 e. The average Bonchev–Trinajstić information content (AvgIpc) is 3.22. The van der Waals surface area contributed by atoms with Crippen molar-refractivity contribution < 1.29 is 4.79 Å². The van der Waals surface area contributed by atoms with E-state index in [0.717, 1.165) is 5.69 Å². The molecule has 31 heavy (non-hydrogen) atoms. The highest BCUT2D eigenvalue weighted by molar-refractivity contribution is 7.99. The van der Waals surface area contributed by atoms with Crippen LogP contribution in [0.15, 0.2) is 84.0 Å². The second kappa shape index (κ2) is 10.0. The minimum absolute atomic E-state index is 0.0404. The quantitative estimate of drug-likeness (QED) is 0.247. The van der Waals surface area contributed by atoms with Crippen molar-refractivity contribution in [2.24, 2.45) is 0 Å². The molecule has 0 spiro atoms. The molecule has 4 aromatic rings. The van der Waals surface area contributed by atoms with Crippen LogP contribution in [0.25, 0.3) is 5.69 Å². The van der Waals surface area contributed by atoms with Gasteiger partial charge in [0.15, 0.2) is 16.8 Å². The summed E-state index contributed by atoms with van der Waals surface area (Å²) in [5, 5.41) is 13.8. The van der Waals surface area contributed by atoms with Crippen molar-refractivity contribution >= 4 is 46.4 Å². The molecule has 0 aliphatic carbocycles. The Morgan fingerprint density at radius 1 is 0.935 bits per heavy atom. The van der Waals surface area contributed by atoms with Crippen LogP contribution < -0.4 is 5.32 Å². The van der Waals surface area contributed by atoms with Gasteiger partial charge in [-0.1, -0.05) is 83.5 Å². The zero-order chi connectivity index (χ0) is 21.6. The predicted molar refractivity (Wildman–Crippen MR) is 127 cm³/mol. The van der Waals surface area contributed by atoms with Crippen molar-refractivity contribution in [3.8, 4) is 5.69 Å². The molecule has 0 aliphatic rings. The minimum atomic E-state index is 0.0404. The average molecular weight is 469 g/mol. The van der Waals surface area contributed by atoms with Gasteiger partial charge in [0.1, 0.15) is 0 Å². The lowest BCUT2D eigenvalue weighted by Crippen LogP contribution is -2.09. The first-order valence-electron chi connectivity index (χ1n) is 9.51. The molecule has 1 N–H and O–H groups in total. The van der Waals surface area contributed by atoms with E-state index in [-0.39, 0.29) is 11.5 Å². The van der Waals surface area contributed by atoms with E-state index in [1.54, 1.807) is 18.2 Å². The van der Waals surface area contributed by atoms with Gasteiger partial charge in [0.05, 0.1) is 23.0 Å². The summed E-state index contributed by atoms with van der Waals surface area (Å²) in [7, 11) is 0. The highest BCUT2D eigenvalue weighted by Gasteiger charge is 2.16. The first kappa shape index (κ1) is 21.4. The number of Topliss-reactive ketones (excluding diaryl/α,β-unsaturated/α-hetero) is 1. The smallest absolute Gasteiger partial charge is 0.196 e. The molecule has 0 atom stereocenters. The third-order valence-electron chi connectivity index (χ3n) is 4.51. The number of thioether (sulfide) groups is 1. The van der Waals surface area contributed by atoms with Gasteiger partial charge in [-0.05, 0) is 30.3 Å². The number of aromatic nitrogens is 3. The molecular weight excluding hydrogens is 451 g/mol. The summed E-state index contributed by atoms with van der Waals surface area (Å²) in [4.78, 5) is 12.5. The van der Waals surface area contributed by atoms with Gasteiger partial charge in [-0.3, -0.25) is 9.36 Å². The maximum Gasteiger partial charge on any atom is 0.196 e. The third kappa shape index (κ3) is 5.28. The van der Waals surface area contributed by atoms with E-state index in [1.807, 2.05) is 65.2 Å². The van der Waals surface area contributed by atoms with Gasteiger partial charge in [0, 0.05) is 16.3 Å². The molecule has 4 rings (SSSR count). The summed E-state index contributed by atoms with van der Waals surface area (Å²) >= 11 is 13.7. The van der Waals surface area contributed by atoms with E-state index < -0.39 is 0 Å². The topological polar surface area (TPSA) is 59.8 Å². The van der Waals surface area contributed by atoms with Gasteiger partial charge in [-0.2, -0.15) is 0 Å². The summed E-state index contributed by atoms with van der Waals surface area (Å²) in [6, 6.07) is 24.3. The Morgan fingerprint density at radius 3 is 2.39 bits per heavy atom. The molecule has 8 heteroatoms.